The molecule has 0 aliphatic carbocycles. The average Bonchev–Trinajstić information content (AvgIpc) is 2.93. The van der Waals surface area contributed by atoms with Crippen molar-refractivity contribution in [2.24, 2.45) is 0 Å². The molecule has 2 heterocycles. The van der Waals surface area contributed by atoms with E-state index in [0.717, 1.165) is 5.56 Å². The van der Waals surface area contributed by atoms with Gasteiger partial charge in [-0.1, -0.05) is 18.7 Å². The Hall–Kier alpha value is -2.33. The number of para-hydroxylation sites is 1. The van der Waals surface area contributed by atoms with Gasteiger partial charge in [0.15, 0.2) is 5.43 Å². The van der Waals surface area contributed by atoms with Crippen molar-refractivity contribution in [3.05, 3.63) is 69.5 Å². The number of ether oxygens (including phenoxy) is 1. The Morgan fingerprint density at radius 2 is 2.11 bits per heavy atom. The zero-order valence-electron chi connectivity index (χ0n) is 9.96. The Labute approximate surface area is 113 Å². The Morgan fingerprint density at radius 3 is 2.89 bits per heavy atom. The lowest BCUT2D eigenvalue weighted by atomic mass is 10.2. The zero-order chi connectivity index (χ0) is 13.2. The maximum absolute atomic E-state index is 11.9. The summed E-state index contributed by atoms with van der Waals surface area (Å²) in [7, 11) is 0. The predicted octanol–water partition coefficient (Wildman–Crippen LogP) is 3.90. The first-order valence-electron chi connectivity index (χ1n) is 5.66. The summed E-state index contributed by atoms with van der Waals surface area (Å²) in [6, 6.07) is 10.3. The van der Waals surface area contributed by atoms with Crippen LogP contribution in [0.15, 0.2) is 62.9 Å². The molecule has 0 saturated heterocycles. The Morgan fingerprint density at radius 1 is 1.26 bits per heavy atom. The van der Waals surface area contributed by atoms with E-state index in [1.54, 1.807) is 29.5 Å². The van der Waals surface area contributed by atoms with Crippen molar-refractivity contribution in [3.63, 3.8) is 0 Å². The molecule has 3 aromatic rings. The van der Waals surface area contributed by atoms with Crippen molar-refractivity contribution in [1.82, 2.24) is 0 Å². The minimum Gasteiger partial charge on any atom is -0.426 e. The lowest BCUT2D eigenvalue weighted by Gasteiger charge is -2.06. The fourth-order valence-electron chi connectivity index (χ4n) is 1.74. The van der Waals surface area contributed by atoms with Crippen molar-refractivity contribution < 1.29 is 9.15 Å². The van der Waals surface area contributed by atoms with Gasteiger partial charge in [0.1, 0.15) is 11.3 Å². The predicted molar refractivity (Wildman–Crippen MR) is 76.5 cm³/mol. The number of hydrogen-bond donors (Lipinski definition) is 0. The van der Waals surface area contributed by atoms with Crippen LogP contribution in [-0.4, -0.2) is 0 Å². The summed E-state index contributed by atoms with van der Waals surface area (Å²) in [6.07, 6.45) is 0. The first-order valence-corrected chi connectivity index (χ1v) is 6.60. The van der Waals surface area contributed by atoms with Gasteiger partial charge >= 0.3 is 0 Å². The minimum atomic E-state index is -0.130. The Kier molecular flexibility index (Phi) is 2.93. The van der Waals surface area contributed by atoms with Crippen molar-refractivity contribution in [2.75, 3.05) is 0 Å². The highest BCUT2D eigenvalue weighted by Gasteiger charge is 2.08. The summed E-state index contributed by atoms with van der Waals surface area (Å²) in [5.74, 6) is 0.611. The SMILES string of the molecule is C=C(Oc1cc(=O)c2ccccc2o1)c1ccsc1. The van der Waals surface area contributed by atoms with Crippen molar-refractivity contribution in [2.45, 2.75) is 0 Å². The second-order valence-corrected chi connectivity index (χ2v) is 4.74. The summed E-state index contributed by atoms with van der Waals surface area (Å²) >= 11 is 1.55. The quantitative estimate of drug-likeness (QED) is 0.677. The molecule has 0 N–H and O–H groups in total. The van der Waals surface area contributed by atoms with Crippen LogP contribution in [0, 0.1) is 0 Å². The molecule has 0 fully saturated rings. The fourth-order valence-corrected chi connectivity index (χ4v) is 2.40. The molecule has 19 heavy (non-hydrogen) atoms. The van der Waals surface area contributed by atoms with Gasteiger partial charge in [-0.05, 0) is 23.6 Å². The fraction of sp³-hybridized carbons (Fsp3) is 0. The van der Waals surface area contributed by atoms with E-state index in [-0.39, 0.29) is 11.4 Å². The summed E-state index contributed by atoms with van der Waals surface area (Å²) in [5.41, 5.74) is 1.25. The zero-order valence-corrected chi connectivity index (χ0v) is 10.8. The van der Waals surface area contributed by atoms with E-state index in [9.17, 15) is 4.79 Å². The first-order chi connectivity index (χ1) is 9.24. The molecule has 0 aliphatic heterocycles. The van der Waals surface area contributed by atoms with E-state index in [4.69, 9.17) is 9.15 Å². The molecule has 94 valence electrons. The van der Waals surface area contributed by atoms with Crippen LogP contribution in [0.3, 0.4) is 0 Å². The maximum Gasteiger partial charge on any atom is 0.294 e. The van der Waals surface area contributed by atoms with E-state index in [0.29, 0.717) is 16.7 Å². The highest BCUT2D eigenvalue weighted by molar-refractivity contribution is 7.08. The molecule has 1 aromatic carbocycles. The van der Waals surface area contributed by atoms with Crippen LogP contribution in [0.5, 0.6) is 5.95 Å². The molecule has 0 spiro atoms. The van der Waals surface area contributed by atoms with E-state index < -0.39 is 0 Å². The third kappa shape index (κ3) is 2.30. The molecule has 0 unspecified atom stereocenters. The van der Waals surface area contributed by atoms with Gasteiger partial charge < -0.3 is 9.15 Å². The Bertz CT molecular complexity index is 785. The van der Waals surface area contributed by atoms with Crippen molar-refractivity contribution >= 4 is 28.1 Å². The van der Waals surface area contributed by atoms with E-state index in [1.807, 2.05) is 22.9 Å². The van der Waals surface area contributed by atoms with Crippen molar-refractivity contribution in [3.8, 4) is 5.95 Å². The number of thiophene rings is 1. The van der Waals surface area contributed by atoms with Gasteiger partial charge in [0.05, 0.1) is 11.5 Å². The number of benzene rings is 1. The molecule has 4 heteroatoms. The van der Waals surface area contributed by atoms with Crippen LogP contribution >= 0.6 is 11.3 Å². The van der Waals surface area contributed by atoms with Gasteiger partial charge in [0.25, 0.3) is 5.95 Å². The number of hydrogen-bond acceptors (Lipinski definition) is 4. The Balaban J connectivity index is 1.98. The van der Waals surface area contributed by atoms with Gasteiger partial charge in [0, 0.05) is 10.9 Å². The minimum absolute atomic E-state index is 0.130. The highest BCUT2D eigenvalue weighted by atomic mass is 32.1. The summed E-state index contributed by atoms with van der Waals surface area (Å²) in [5, 5.41) is 4.39. The molecule has 0 atom stereocenters. The molecule has 3 nitrogen and oxygen atoms in total. The van der Waals surface area contributed by atoms with Gasteiger partial charge in [0.2, 0.25) is 0 Å². The highest BCUT2D eigenvalue weighted by Crippen LogP contribution is 2.23. The van der Waals surface area contributed by atoms with Gasteiger partial charge in [-0.15, -0.1) is 0 Å². The summed E-state index contributed by atoms with van der Waals surface area (Å²) in [4.78, 5) is 11.9. The van der Waals surface area contributed by atoms with Gasteiger partial charge in [-0.3, -0.25) is 4.79 Å². The van der Waals surface area contributed by atoms with Crippen LogP contribution < -0.4 is 10.2 Å². The molecule has 0 bridgehead atoms. The lowest BCUT2D eigenvalue weighted by molar-refractivity contribution is 0.373. The standard InChI is InChI=1S/C15H10O3S/c1-10(11-6-7-19-9-11)17-15-8-13(16)12-4-2-3-5-14(12)18-15/h2-9H,1H2. The number of rotatable bonds is 3. The molecule has 0 amide bonds. The normalized spacial score (nSPS) is 10.5. The van der Waals surface area contributed by atoms with Crippen LogP contribution in [0.4, 0.5) is 0 Å². The van der Waals surface area contributed by atoms with Crippen LogP contribution in [0.2, 0.25) is 0 Å². The first kappa shape index (κ1) is 11.7. The van der Waals surface area contributed by atoms with Crippen LogP contribution in [0.1, 0.15) is 5.56 Å². The lowest BCUT2D eigenvalue weighted by Crippen LogP contribution is -2.01. The monoisotopic (exact) mass is 270 g/mol. The van der Waals surface area contributed by atoms with Gasteiger partial charge in [-0.2, -0.15) is 11.3 Å². The molecular weight excluding hydrogens is 260 g/mol. The summed E-state index contributed by atoms with van der Waals surface area (Å²) in [6.45, 7) is 3.82. The third-order valence-electron chi connectivity index (χ3n) is 2.68. The molecular formula is C15H10O3S. The molecule has 3 rings (SSSR count). The van der Waals surface area contributed by atoms with E-state index >= 15 is 0 Å². The van der Waals surface area contributed by atoms with Gasteiger partial charge in [-0.25, -0.2) is 0 Å². The molecule has 0 saturated carbocycles. The maximum atomic E-state index is 11.9. The third-order valence-corrected chi connectivity index (χ3v) is 3.36. The molecule has 0 aliphatic rings. The average molecular weight is 270 g/mol. The van der Waals surface area contributed by atoms with Crippen LogP contribution in [0.25, 0.3) is 16.7 Å². The van der Waals surface area contributed by atoms with E-state index in [1.165, 1.54) is 6.07 Å². The molecule has 2 aromatic heterocycles. The van der Waals surface area contributed by atoms with E-state index in [2.05, 4.69) is 6.58 Å². The smallest absolute Gasteiger partial charge is 0.294 e. The second-order valence-electron chi connectivity index (χ2n) is 3.96. The van der Waals surface area contributed by atoms with Crippen molar-refractivity contribution in [1.29, 1.82) is 0 Å². The topological polar surface area (TPSA) is 39.4 Å². The van der Waals surface area contributed by atoms with Crippen LogP contribution in [-0.2, 0) is 0 Å². The number of fused-ring (bicyclic) bond motifs is 1. The summed E-state index contributed by atoms with van der Waals surface area (Å²) < 4.78 is 11.0. The largest absolute Gasteiger partial charge is 0.426 e. The molecule has 0 radical (unpaired) electrons. The second kappa shape index (κ2) is 4.74.